The van der Waals surface area contributed by atoms with Crippen LogP contribution < -0.4 is 5.06 Å². The molecule has 0 saturated heterocycles. The van der Waals surface area contributed by atoms with Gasteiger partial charge in [0.15, 0.2) is 6.04 Å². The summed E-state index contributed by atoms with van der Waals surface area (Å²) in [7, 11) is -4.86. The molecule has 0 unspecified atom stereocenters. The van der Waals surface area contributed by atoms with Crippen molar-refractivity contribution < 1.29 is 28.5 Å². The number of carbonyl (C=O) groups is 1. The van der Waals surface area contributed by atoms with Crippen LogP contribution in [0.25, 0.3) is 0 Å². The van der Waals surface area contributed by atoms with E-state index in [9.17, 15) is 9.36 Å². The topological polar surface area (TPSA) is 96.3 Å². The van der Waals surface area contributed by atoms with Gasteiger partial charge in [-0.25, -0.2) is 14.4 Å². The lowest BCUT2D eigenvalue weighted by atomic mass is 10.2. The van der Waals surface area contributed by atoms with E-state index in [0.717, 1.165) is 6.42 Å². The zero-order valence-corrected chi connectivity index (χ0v) is 12.2. The SMILES string of the molecule is CCCON(c1ccccc1)[C@@H](C)C(=O)OP(=O)(O)O. The molecule has 0 amide bonds. The second-order valence-corrected chi connectivity index (χ2v) is 5.24. The highest BCUT2D eigenvalue weighted by atomic mass is 31.2. The third-order valence-electron chi connectivity index (χ3n) is 2.35. The number of hydrogen-bond acceptors (Lipinski definition) is 5. The molecule has 2 N–H and O–H groups in total. The van der Waals surface area contributed by atoms with Crippen molar-refractivity contribution >= 4 is 19.5 Å². The van der Waals surface area contributed by atoms with Crippen LogP contribution in [0.1, 0.15) is 20.3 Å². The van der Waals surface area contributed by atoms with Crippen LogP contribution in [0.4, 0.5) is 5.69 Å². The number of benzene rings is 1. The predicted molar refractivity (Wildman–Crippen MR) is 72.8 cm³/mol. The average molecular weight is 303 g/mol. The lowest BCUT2D eigenvalue weighted by Crippen LogP contribution is -2.40. The van der Waals surface area contributed by atoms with Gasteiger partial charge in [-0.15, -0.1) is 0 Å². The number of phosphoric ester groups is 1. The third-order valence-corrected chi connectivity index (χ3v) is 2.76. The summed E-state index contributed by atoms with van der Waals surface area (Å²) in [4.78, 5) is 34.5. The van der Waals surface area contributed by atoms with E-state index in [1.165, 1.54) is 12.0 Å². The van der Waals surface area contributed by atoms with E-state index in [1.54, 1.807) is 30.3 Å². The van der Waals surface area contributed by atoms with Gasteiger partial charge in [0.05, 0.1) is 12.3 Å². The first kappa shape index (κ1) is 16.7. The Bertz CT molecular complexity index is 474. The maximum atomic E-state index is 11.7. The summed E-state index contributed by atoms with van der Waals surface area (Å²) in [6.45, 7) is 3.71. The third kappa shape index (κ3) is 5.30. The molecule has 112 valence electrons. The normalized spacial score (nSPS) is 12.8. The standard InChI is InChI=1S/C12H18NO6P/c1-3-9-18-13(11-7-5-4-6-8-11)10(2)12(14)19-20(15,16)17/h4-8,10H,3,9H2,1-2H3,(H2,15,16,17)/t10-/m0/s1. The summed E-state index contributed by atoms with van der Waals surface area (Å²) in [5, 5.41) is 1.28. The van der Waals surface area contributed by atoms with E-state index < -0.39 is 19.8 Å². The Hall–Kier alpha value is -1.40. The van der Waals surface area contributed by atoms with Crippen molar-refractivity contribution in [3.8, 4) is 0 Å². The fourth-order valence-electron chi connectivity index (χ4n) is 1.46. The molecule has 0 aliphatic carbocycles. The quantitative estimate of drug-likeness (QED) is 0.586. The van der Waals surface area contributed by atoms with Gasteiger partial charge in [-0.2, -0.15) is 0 Å². The highest BCUT2D eigenvalue weighted by Crippen LogP contribution is 2.36. The van der Waals surface area contributed by atoms with Crippen LogP contribution in [0, 0.1) is 0 Å². The molecular weight excluding hydrogens is 285 g/mol. The van der Waals surface area contributed by atoms with Crippen LogP contribution in [0.3, 0.4) is 0 Å². The fraction of sp³-hybridized carbons (Fsp3) is 0.417. The minimum atomic E-state index is -4.86. The monoisotopic (exact) mass is 303 g/mol. The number of rotatable bonds is 7. The molecule has 0 spiro atoms. The Kier molecular flexibility index (Phi) is 6.16. The minimum Gasteiger partial charge on any atom is -0.369 e. The van der Waals surface area contributed by atoms with Gasteiger partial charge in [0.2, 0.25) is 0 Å². The molecule has 0 aliphatic rings. The molecule has 0 fully saturated rings. The average Bonchev–Trinajstić information content (AvgIpc) is 2.38. The molecular formula is C12H18NO6P. The van der Waals surface area contributed by atoms with Crippen molar-refractivity contribution in [1.82, 2.24) is 0 Å². The molecule has 0 aromatic heterocycles. The summed E-state index contributed by atoms with van der Waals surface area (Å²) < 4.78 is 14.8. The minimum absolute atomic E-state index is 0.364. The van der Waals surface area contributed by atoms with E-state index in [2.05, 4.69) is 4.52 Å². The van der Waals surface area contributed by atoms with E-state index in [1.807, 2.05) is 6.92 Å². The molecule has 0 heterocycles. The van der Waals surface area contributed by atoms with Gasteiger partial charge >= 0.3 is 13.8 Å². The molecule has 0 saturated carbocycles. The summed E-state index contributed by atoms with van der Waals surface area (Å²) in [6, 6.07) is 7.78. The Morgan fingerprint density at radius 1 is 1.35 bits per heavy atom. The Labute approximate surface area is 117 Å². The number of phosphoric acid groups is 1. The van der Waals surface area contributed by atoms with Gasteiger partial charge in [0.25, 0.3) is 0 Å². The molecule has 1 atom stereocenters. The summed E-state index contributed by atoms with van der Waals surface area (Å²) in [5.41, 5.74) is 0.594. The first-order valence-corrected chi connectivity index (χ1v) is 7.64. The smallest absolute Gasteiger partial charge is 0.369 e. The molecule has 20 heavy (non-hydrogen) atoms. The van der Waals surface area contributed by atoms with Crippen molar-refractivity contribution in [2.45, 2.75) is 26.3 Å². The van der Waals surface area contributed by atoms with Crippen LogP contribution in [0.15, 0.2) is 30.3 Å². The Morgan fingerprint density at radius 2 is 1.95 bits per heavy atom. The van der Waals surface area contributed by atoms with Gasteiger partial charge in [0, 0.05) is 0 Å². The second kappa shape index (κ2) is 7.40. The zero-order valence-electron chi connectivity index (χ0n) is 11.3. The van der Waals surface area contributed by atoms with Gasteiger partial charge in [-0.1, -0.05) is 25.1 Å². The zero-order chi connectivity index (χ0) is 15.2. The van der Waals surface area contributed by atoms with Gasteiger partial charge in [-0.05, 0) is 25.5 Å². The van der Waals surface area contributed by atoms with Crippen molar-refractivity contribution in [3.05, 3.63) is 30.3 Å². The van der Waals surface area contributed by atoms with Crippen LogP contribution in [0.5, 0.6) is 0 Å². The Balaban J connectivity index is 2.87. The molecule has 1 aromatic rings. The highest BCUT2D eigenvalue weighted by Gasteiger charge is 2.30. The molecule has 1 aromatic carbocycles. The Morgan fingerprint density at radius 3 is 2.45 bits per heavy atom. The summed E-state index contributed by atoms with van der Waals surface area (Å²) >= 11 is 0. The van der Waals surface area contributed by atoms with Crippen LogP contribution in [-0.2, 0) is 18.7 Å². The number of hydrogen-bond donors (Lipinski definition) is 2. The second-order valence-electron chi connectivity index (χ2n) is 4.07. The van der Waals surface area contributed by atoms with Crippen LogP contribution >= 0.6 is 7.82 Å². The van der Waals surface area contributed by atoms with Crippen molar-refractivity contribution in [3.63, 3.8) is 0 Å². The van der Waals surface area contributed by atoms with Crippen LogP contribution in [0.2, 0.25) is 0 Å². The molecule has 7 nitrogen and oxygen atoms in total. The van der Waals surface area contributed by atoms with E-state index in [4.69, 9.17) is 14.6 Å². The fourth-order valence-corrected chi connectivity index (χ4v) is 1.85. The molecule has 0 radical (unpaired) electrons. The summed E-state index contributed by atoms with van der Waals surface area (Å²) in [5.74, 6) is -1.06. The number of nitrogens with zero attached hydrogens (tertiary/aromatic N) is 1. The number of para-hydroxylation sites is 1. The van der Waals surface area contributed by atoms with E-state index >= 15 is 0 Å². The summed E-state index contributed by atoms with van der Waals surface area (Å²) in [6.07, 6.45) is 0.726. The van der Waals surface area contributed by atoms with Gasteiger partial charge in [-0.3, -0.25) is 14.6 Å². The van der Waals surface area contributed by atoms with E-state index in [-0.39, 0.29) is 0 Å². The lowest BCUT2D eigenvalue weighted by Gasteiger charge is -2.28. The first-order chi connectivity index (χ1) is 9.35. The maximum Gasteiger partial charge on any atom is 0.527 e. The van der Waals surface area contributed by atoms with E-state index in [0.29, 0.717) is 12.3 Å². The lowest BCUT2D eigenvalue weighted by molar-refractivity contribution is -0.139. The maximum absolute atomic E-state index is 11.7. The van der Waals surface area contributed by atoms with Gasteiger partial charge < -0.3 is 4.52 Å². The van der Waals surface area contributed by atoms with Crippen molar-refractivity contribution in [2.75, 3.05) is 11.7 Å². The van der Waals surface area contributed by atoms with Crippen LogP contribution in [-0.4, -0.2) is 28.4 Å². The van der Waals surface area contributed by atoms with Gasteiger partial charge in [0.1, 0.15) is 0 Å². The number of anilines is 1. The highest BCUT2D eigenvalue weighted by molar-refractivity contribution is 7.46. The van der Waals surface area contributed by atoms with Crippen molar-refractivity contribution in [2.24, 2.45) is 0 Å². The van der Waals surface area contributed by atoms with Crippen molar-refractivity contribution in [1.29, 1.82) is 0 Å². The number of carbonyl (C=O) groups excluding carboxylic acids is 1. The number of hydroxylamine groups is 1. The molecule has 0 bridgehead atoms. The molecule has 8 heteroatoms. The molecule has 1 rings (SSSR count). The molecule has 0 aliphatic heterocycles. The largest absolute Gasteiger partial charge is 0.527 e. The first-order valence-electron chi connectivity index (χ1n) is 6.11. The predicted octanol–water partition coefficient (Wildman–Crippen LogP) is 1.86.